The van der Waals surface area contributed by atoms with Gasteiger partial charge in [-0.25, -0.2) is 9.59 Å². The van der Waals surface area contributed by atoms with Gasteiger partial charge in [0, 0.05) is 0 Å². The number of aromatic carboxylic acids is 2. The first-order chi connectivity index (χ1) is 15.6. The van der Waals surface area contributed by atoms with Crippen LogP contribution in [0.4, 0.5) is 52.7 Å². The van der Waals surface area contributed by atoms with Gasteiger partial charge < -0.3 is 10.2 Å². The van der Waals surface area contributed by atoms with Crippen molar-refractivity contribution in [3.63, 3.8) is 0 Å². The highest BCUT2D eigenvalue weighted by atomic mass is 19.4. The van der Waals surface area contributed by atoms with Gasteiger partial charge in [-0.15, -0.1) is 0 Å². The minimum Gasteiger partial charge on any atom is -0.478 e. The predicted octanol–water partition coefficient (Wildman–Crippen LogP) is 6.53. The lowest BCUT2D eigenvalue weighted by Gasteiger charge is -2.39. The summed E-state index contributed by atoms with van der Waals surface area (Å²) in [5.41, 5.74) is -18.5. The molecule has 192 valence electrons. The number of alkyl halides is 12. The smallest absolute Gasteiger partial charge is 0.417 e. The molecular weight excluding hydrogens is 520 g/mol. The van der Waals surface area contributed by atoms with Crippen molar-refractivity contribution in [2.24, 2.45) is 0 Å². The molecule has 2 aromatic rings. The molecule has 0 aliphatic carbocycles. The van der Waals surface area contributed by atoms with Gasteiger partial charge in [0.25, 0.3) is 0 Å². The third-order valence-corrected chi connectivity index (χ3v) is 4.83. The third kappa shape index (κ3) is 4.73. The molecule has 0 radical (unpaired) electrons. The van der Waals surface area contributed by atoms with E-state index in [1.165, 1.54) is 0 Å². The van der Waals surface area contributed by atoms with Crippen molar-refractivity contribution in [3.8, 4) is 0 Å². The zero-order valence-electron chi connectivity index (χ0n) is 16.2. The summed E-state index contributed by atoms with van der Waals surface area (Å²) >= 11 is 0. The molecule has 4 nitrogen and oxygen atoms in total. The minimum absolute atomic E-state index is 0.205. The summed E-state index contributed by atoms with van der Waals surface area (Å²) in [6.07, 6.45) is -24.9. The summed E-state index contributed by atoms with van der Waals surface area (Å²) in [4.78, 5) is 22.0. The van der Waals surface area contributed by atoms with Crippen LogP contribution in [0.3, 0.4) is 0 Å². The molecule has 0 unspecified atom stereocenters. The molecule has 0 fully saturated rings. The second-order valence-electron chi connectivity index (χ2n) is 6.87. The van der Waals surface area contributed by atoms with Crippen LogP contribution in [0.1, 0.15) is 43.0 Å². The van der Waals surface area contributed by atoms with Crippen LogP contribution in [0, 0.1) is 0 Å². The van der Waals surface area contributed by atoms with Gasteiger partial charge in [-0.2, -0.15) is 52.7 Å². The topological polar surface area (TPSA) is 74.6 Å². The number of hydrogen-bond acceptors (Lipinski definition) is 2. The Morgan fingerprint density at radius 1 is 0.543 bits per heavy atom. The second kappa shape index (κ2) is 8.34. The van der Waals surface area contributed by atoms with Crippen LogP contribution in [-0.2, 0) is 17.8 Å². The van der Waals surface area contributed by atoms with Gasteiger partial charge in [-0.1, -0.05) is 12.1 Å². The van der Waals surface area contributed by atoms with Crippen LogP contribution in [0.5, 0.6) is 0 Å². The number of carboxylic acids is 2. The maximum absolute atomic E-state index is 14.1. The first-order valence-corrected chi connectivity index (χ1v) is 8.60. The van der Waals surface area contributed by atoms with Crippen LogP contribution in [0.2, 0.25) is 0 Å². The molecule has 0 aliphatic heterocycles. The van der Waals surface area contributed by atoms with Crippen molar-refractivity contribution in [2.45, 2.75) is 30.1 Å². The number of halogens is 12. The monoisotopic (exact) mass is 528 g/mol. The van der Waals surface area contributed by atoms with Gasteiger partial charge in [0.2, 0.25) is 5.41 Å². The van der Waals surface area contributed by atoms with Gasteiger partial charge in [0.15, 0.2) is 0 Å². The van der Waals surface area contributed by atoms with E-state index >= 15 is 0 Å². The van der Waals surface area contributed by atoms with Crippen LogP contribution < -0.4 is 0 Å². The maximum Gasteiger partial charge on any atom is 0.417 e. The van der Waals surface area contributed by atoms with Gasteiger partial charge >= 0.3 is 36.6 Å². The Morgan fingerprint density at radius 3 is 1.03 bits per heavy atom. The molecule has 0 atom stereocenters. The molecule has 16 heteroatoms. The van der Waals surface area contributed by atoms with E-state index in [1.54, 1.807) is 0 Å². The Balaban J connectivity index is 3.15. The van der Waals surface area contributed by atoms with E-state index in [0.717, 1.165) is 0 Å². The summed E-state index contributed by atoms with van der Waals surface area (Å²) in [5.74, 6) is -4.72. The molecule has 0 aliphatic rings. The van der Waals surface area contributed by atoms with Crippen molar-refractivity contribution in [3.05, 3.63) is 69.8 Å². The van der Waals surface area contributed by atoms with Crippen molar-refractivity contribution in [1.82, 2.24) is 0 Å². The number of benzene rings is 2. The lowest BCUT2D eigenvalue weighted by atomic mass is 9.71. The standard InChI is InChI=1S/C19H8F12O4/c20-16(21,22)11-5-7(1-3-9(11)13(32)33)15(18(26,27)28,19(29,30)31)8-2-4-10(14(34)35)12(6-8)17(23,24)25/h1-6H,(H,32,33)(H,34,35). The molecule has 2 aromatic carbocycles. The van der Waals surface area contributed by atoms with E-state index in [2.05, 4.69) is 0 Å². The lowest BCUT2D eigenvalue weighted by molar-refractivity contribution is -0.288. The van der Waals surface area contributed by atoms with E-state index in [1.807, 2.05) is 0 Å². The average Bonchev–Trinajstić information content (AvgIpc) is 2.64. The molecule has 0 amide bonds. The van der Waals surface area contributed by atoms with Crippen molar-refractivity contribution >= 4 is 11.9 Å². The van der Waals surface area contributed by atoms with Crippen LogP contribution in [0.25, 0.3) is 0 Å². The fourth-order valence-electron chi connectivity index (χ4n) is 3.38. The number of carbonyl (C=O) groups is 2. The summed E-state index contributed by atoms with van der Waals surface area (Å²) < 4.78 is 164. The summed E-state index contributed by atoms with van der Waals surface area (Å²) in [6.45, 7) is 0. The highest BCUT2D eigenvalue weighted by Crippen LogP contribution is 2.57. The number of hydrogen-bond donors (Lipinski definition) is 2. The highest BCUT2D eigenvalue weighted by Gasteiger charge is 2.73. The summed E-state index contributed by atoms with van der Waals surface area (Å²) in [5, 5.41) is 17.7. The van der Waals surface area contributed by atoms with E-state index in [-0.39, 0.29) is 24.3 Å². The van der Waals surface area contributed by atoms with Gasteiger partial charge in [-0.05, 0) is 35.4 Å². The molecule has 2 N–H and O–H groups in total. The van der Waals surface area contributed by atoms with Gasteiger partial charge in [0.05, 0.1) is 22.3 Å². The second-order valence-corrected chi connectivity index (χ2v) is 6.87. The molecule has 35 heavy (non-hydrogen) atoms. The highest BCUT2D eigenvalue weighted by molar-refractivity contribution is 5.90. The first kappa shape index (κ1) is 27.8. The Bertz CT molecular complexity index is 1060. The molecule has 2 rings (SSSR count). The molecular formula is C19H8F12O4. The first-order valence-electron chi connectivity index (χ1n) is 8.60. The molecule has 0 spiro atoms. The maximum atomic E-state index is 14.1. The Hall–Kier alpha value is -3.46. The SMILES string of the molecule is O=C(O)c1ccc(C(c2ccc(C(=O)O)c(C(F)(F)F)c2)(C(F)(F)F)C(F)(F)F)cc1C(F)(F)F. The van der Waals surface area contributed by atoms with Gasteiger partial charge in [0.1, 0.15) is 0 Å². The van der Waals surface area contributed by atoms with Crippen LogP contribution in [0.15, 0.2) is 36.4 Å². The van der Waals surface area contributed by atoms with E-state index < -0.39 is 87.6 Å². The fraction of sp³-hybridized carbons (Fsp3) is 0.263. The minimum atomic E-state index is -6.65. The van der Waals surface area contributed by atoms with Crippen molar-refractivity contribution < 1.29 is 72.5 Å². The largest absolute Gasteiger partial charge is 0.478 e. The number of rotatable bonds is 4. The van der Waals surface area contributed by atoms with E-state index in [9.17, 15) is 62.3 Å². The quantitative estimate of drug-likeness (QED) is 0.443. The van der Waals surface area contributed by atoms with Gasteiger partial charge in [-0.3, -0.25) is 0 Å². The Labute approximate surface area is 185 Å². The fourth-order valence-corrected chi connectivity index (χ4v) is 3.38. The summed E-state index contributed by atoms with van der Waals surface area (Å²) in [6, 6.07) is -2.49. The molecule has 0 aromatic heterocycles. The van der Waals surface area contributed by atoms with E-state index in [0.29, 0.717) is 0 Å². The predicted molar refractivity (Wildman–Crippen MR) is 89.7 cm³/mol. The molecule has 0 saturated heterocycles. The zero-order valence-corrected chi connectivity index (χ0v) is 16.2. The number of carboxylic acid groups (broad SMARTS) is 2. The average molecular weight is 528 g/mol. The molecule has 0 saturated carbocycles. The molecule has 0 bridgehead atoms. The van der Waals surface area contributed by atoms with E-state index in [4.69, 9.17) is 10.2 Å². The Morgan fingerprint density at radius 2 is 0.829 bits per heavy atom. The normalized spacial score (nSPS) is 13.6. The van der Waals surface area contributed by atoms with Crippen LogP contribution in [-0.4, -0.2) is 34.5 Å². The van der Waals surface area contributed by atoms with Crippen molar-refractivity contribution in [1.29, 1.82) is 0 Å². The Kier molecular flexibility index (Phi) is 6.62. The zero-order chi connectivity index (χ0) is 27.4. The van der Waals surface area contributed by atoms with Crippen LogP contribution >= 0.6 is 0 Å². The molecule has 0 heterocycles. The summed E-state index contributed by atoms with van der Waals surface area (Å²) in [7, 11) is 0. The third-order valence-electron chi connectivity index (χ3n) is 4.83. The van der Waals surface area contributed by atoms with Crippen molar-refractivity contribution in [2.75, 3.05) is 0 Å². The lowest BCUT2D eigenvalue weighted by Crippen LogP contribution is -2.55.